The van der Waals surface area contributed by atoms with E-state index in [4.69, 9.17) is 4.74 Å². The third kappa shape index (κ3) is 4.23. The minimum absolute atomic E-state index is 0.0592. The number of hydrogen-bond acceptors (Lipinski definition) is 3. The number of hydrogen-bond donors (Lipinski definition) is 2. The highest BCUT2D eigenvalue weighted by Crippen LogP contribution is 2.32. The summed E-state index contributed by atoms with van der Waals surface area (Å²) < 4.78 is 5.83. The lowest BCUT2D eigenvalue weighted by Gasteiger charge is -2.20. The fourth-order valence-corrected chi connectivity index (χ4v) is 4.81. The summed E-state index contributed by atoms with van der Waals surface area (Å²) >= 11 is 0. The highest BCUT2D eigenvalue weighted by atomic mass is 16.5. The number of ether oxygens (including phenoxy) is 1. The molecule has 4 aromatic carbocycles. The molecule has 0 saturated carbocycles. The molecule has 5 aromatic rings. The van der Waals surface area contributed by atoms with Crippen LogP contribution in [0, 0.1) is 0 Å². The summed E-state index contributed by atoms with van der Waals surface area (Å²) in [4.78, 5) is 31.1. The number of amides is 2. The molecular formula is C31H25N3O3. The summed E-state index contributed by atoms with van der Waals surface area (Å²) in [6, 6.07) is 32.9. The molecule has 2 amide bonds. The lowest BCUT2D eigenvalue weighted by atomic mass is 9.98. The minimum atomic E-state index is -0.807. The van der Waals surface area contributed by atoms with Crippen molar-refractivity contribution in [3.63, 3.8) is 0 Å². The van der Waals surface area contributed by atoms with Crippen LogP contribution in [0.4, 0.5) is 5.69 Å². The molecule has 2 N–H and O–H groups in total. The summed E-state index contributed by atoms with van der Waals surface area (Å²) in [5.74, 6) is 0.0254. The van der Waals surface area contributed by atoms with Crippen molar-refractivity contribution in [1.82, 2.24) is 10.3 Å². The number of benzene rings is 4. The summed E-state index contributed by atoms with van der Waals surface area (Å²) in [6.07, 6.45) is 0. The molecule has 6 nitrogen and oxygen atoms in total. The van der Waals surface area contributed by atoms with Crippen LogP contribution in [0.15, 0.2) is 103 Å². The van der Waals surface area contributed by atoms with Gasteiger partial charge in [0, 0.05) is 18.0 Å². The second-order valence-corrected chi connectivity index (χ2v) is 9.10. The summed E-state index contributed by atoms with van der Waals surface area (Å²) in [5, 5.41) is 3.77. The van der Waals surface area contributed by atoms with Crippen molar-refractivity contribution in [3.05, 3.63) is 109 Å². The monoisotopic (exact) mass is 487 g/mol. The maximum absolute atomic E-state index is 13.2. The van der Waals surface area contributed by atoms with Crippen LogP contribution in [-0.2, 0) is 4.79 Å². The van der Waals surface area contributed by atoms with Crippen molar-refractivity contribution < 1.29 is 14.3 Å². The molecule has 37 heavy (non-hydrogen) atoms. The largest absolute Gasteiger partial charge is 0.489 e. The molecule has 0 aliphatic carbocycles. The number of para-hydroxylation sites is 3. The summed E-state index contributed by atoms with van der Waals surface area (Å²) in [7, 11) is 1.69. The molecule has 0 bridgehead atoms. The van der Waals surface area contributed by atoms with E-state index in [2.05, 4.69) is 40.6 Å². The molecule has 0 radical (unpaired) electrons. The normalized spacial score (nSPS) is 15.1. The van der Waals surface area contributed by atoms with Crippen LogP contribution in [0.1, 0.15) is 10.5 Å². The molecule has 6 rings (SSSR count). The number of H-pyrrole nitrogens is 1. The van der Waals surface area contributed by atoms with Gasteiger partial charge in [-0.25, -0.2) is 0 Å². The molecule has 0 fully saturated rings. The van der Waals surface area contributed by atoms with Crippen LogP contribution in [0.3, 0.4) is 0 Å². The Morgan fingerprint density at radius 1 is 0.865 bits per heavy atom. The number of likely N-dealkylation sites (N-methyl/N-ethyl adjacent to an activating group) is 1. The number of aromatic nitrogens is 1. The first-order valence-corrected chi connectivity index (χ1v) is 12.2. The van der Waals surface area contributed by atoms with Crippen LogP contribution in [0.2, 0.25) is 0 Å². The topological polar surface area (TPSA) is 74.4 Å². The summed E-state index contributed by atoms with van der Waals surface area (Å²) in [6.45, 7) is 0.0592. The molecule has 0 spiro atoms. The molecule has 2 heterocycles. The van der Waals surface area contributed by atoms with Gasteiger partial charge in [-0.15, -0.1) is 0 Å². The fourth-order valence-electron chi connectivity index (χ4n) is 4.81. The van der Waals surface area contributed by atoms with E-state index in [-0.39, 0.29) is 18.4 Å². The zero-order valence-corrected chi connectivity index (χ0v) is 20.3. The highest BCUT2D eigenvalue weighted by Gasteiger charge is 2.31. The van der Waals surface area contributed by atoms with Gasteiger partial charge in [0.25, 0.3) is 11.8 Å². The van der Waals surface area contributed by atoms with Gasteiger partial charge in [0.05, 0.1) is 11.2 Å². The van der Waals surface area contributed by atoms with E-state index in [1.54, 1.807) is 7.05 Å². The van der Waals surface area contributed by atoms with Gasteiger partial charge >= 0.3 is 0 Å². The van der Waals surface area contributed by atoms with E-state index in [9.17, 15) is 9.59 Å². The molecule has 1 aliphatic heterocycles. The predicted molar refractivity (Wildman–Crippen MR) is 146 cm³/mol. The van der Waals surface area contributed by atoms with Gasteiger partial charge in [-0.2, -0.15) is 0 Å². The van der Waals surface area contributed by atoms with Crippen molar-refractivity contribution in [3.8, 4) is 28.0 Å². The maximum Gasteiger partial charge on any atom is 0.268 e. The van der Waals surface area contributed by atoms with Crippen molar-refractivity contribution in [2.75, 3.05) is 18.6 Å². The van der Waals surface area contributed by atoms with Crippen molar-refractivity contribution in [2.24, 2.45) is 0 Å². The van der Waals surface area contributed by atoms with E-state index >= 15 is 0 Å². The van der Waals surface area contributed by atoms with E-state index in [0.29, 0.717) is 17.1 Å². The second kappa shape index (κ2) is 9.32. The third-order valence-corrected chi connectivity index (χ3v) is 6.75. The third-order valence-electron chi connectivity index (χ3n) is 6.75. The Morgan fingerprint density at radius 3 is 2.46 bits per heavy atom. The van der Waals surface area contributed by atoms with Crippen molar-refractivity contribution in [2.45, 2.75) is 6.04 Å². The Morgan fingerprint density at radius 2 is 1.59 bits per heavy atom. The first kappa shape index (κ1) is 22.6. The van der Waals surface area contributed by atoms with Gasteiger partial charge in [0.15, 0.2) is 0 Å². The Balaban J connectivity index is 1.28. The van der Waals surface area contributed by atoms with Gasteiger partial charge in [-0.1, -0.05) is 78.9 Å². The Hall–Kier alpha value is -4.84. The SMILES string of the molecule is CN1C(=O)[C@@H](NC(=O)c2cc3cccc(-c4cccc(-c5ccccc5)c4)c3[nH]2)COc2ccccc21. The molecule has 1 atom stereocenters. The average molecular weight is 488 g/mol. The number of anilines is 1. The number of fused-ring (bicyclic) bond motifs is 2. The standard InChI is InChI=1S/C31H25N3O3/c1-34-27-15-5-6-16-28(27)37-19-26(31(34)36)33-30(35)25-18-23-13-8-14-24(29(23)32-25)22-12-7-11-21(17-22)20-9-3-2-4-10-20/h2-18,26,32H,19H2,1H3,(H,33,35)/t26-/m0/s1. The molecule has 182 valence electrons. The summed E-state index contributed by atoms with van der Waals surface area (Å²) in [5.41, 5.74) is 6.25. The number of rotatable bonds is 4. The van der Waals surface area contributed by atoms with E-state index in [1.165, 1.54) is 4.90 Å². The molecular weight excluding hydrogens is 462 g/mol. The van der Waals surface area contributed by atoms with Gasteiger partial charge in [0.1, 0.15) is 24.1 Å². The molecule has 1 aromatic heterocycles. The van der Waals surface area contributed by atoms with Gasteiger partial charge in [-0.3, -0.25) is 9.59 Å². The molecule has 0 saturated heterocycles. The van der Waals surface area contributed by atoms with Gasteiger partial charge in [0.2, 0.25) is 0 Å². The number of carbonyl (C=O) groups excluding carboxylic acids is 2. The number of carbonyl (C=O) groups is 2. The Kier molecular flexibility index (Phi) is 5.69. The minimum Gasteiger partial charge on any atom is -0.489 e. The van der Waals surface area contributed by atoms with Crippen LogP contribution in [-0.4, -0.2) is 36.5 Å². The first-order chi connectivity index (χ1) is 18.1. The van der Waals surface area contributed by atoms with Crippen LogP contribution >= 0.6 is 0 Å². The fraction of sp³-hybridized carbons (Fsp3) is 0.0968. The predicted octanol–water partition coefficient (Wildman–Crippen LogP) is 5.66. The van der Waals surface area contributed by atoms with Crippen molar-refractivity contribution in [1.29, 1.82) is 0 Å². The maximum atomic E-state index is 13.2. The Labute approximate surface area is 214 Å². The molecule has 0 unspecified atom stereocenters. The van der Waals surface area contributed by atoms with Crippen LogP contribution < -0.4 is 15.0 Å². The smallest absolute Gasteiger partial charge is 0.268 e. The van der Waals surface area contributed by atoms with E-state index < -0.39 is 6.04 Å². The molecule has 1 aliphatic rings. The Bertz CT molecular complexity index is 1620. The van der Waals surface area contributed by atoms with Crippen LogP contribution in [0.25, 0.3) is 33.2 Å². The zero-order chi connectivity index (χ0) is 25.4. The highest BCUT2D eigenvalue weighted by molar-refractivity contribution is 6.05. The van der Waals surface area contributed by atoms with Gasteiger partial charge in [-0.05, 0) is 41.0 Å². The second-order valence-electron chi connectivity index (χ2n) is 9.10. The zero-order valence-electron chi connectivity index (χ0n) is 20.3. The van der Waals surface area contributed by atoms with Crippen molar-refractivity contribution >= 4 is 28.4 Å². The van der Waals surface area contributed by atoms with E-state index in [1.807, 2.05) is 72.8 Å². The lowest BCUT2D eigenvalue weighted by molar-refractivity contribution is -0.120. The van der Waals surface area contributed by atoms with Gasteiger partial charge < -0.3 is 19.9 Å². The number of nitrogens with zero attached hydrogens (tertiary/aromatic N) is 1. The number of aromatic amines is 1. The van der Waals surface area contributed by atoms with E-state index in [0.717, 1.165) is 33.2 Å². The number of nitrogens with one attached hydrogen (secondary N) is 2. The molecule has 6 heteroatoms. The quantitative estimate of drug-likeness (QED) is 0.344. The first-order valence-electron chi connectivity index (χ1n) is 12.2. The average Bonchev–Trinajstić information content (AvgIpc) is 3.35. The van der Waals surface area contributed by atoms with Crippen LogP contribution in [0.5, 0.6) is 5.75 Å². The lowest BCUT2D eigenvalue weighted by Crippen LogP contribution is -2.49.